The van der Waals surface area contributed by atoms with Crippen LogP contribution in [0.4, 0.5) is 0 Å². The highest BCUT2D eigenvalue weighted by molar-refractivity contribution is 5.98. The molecule has 1 fully saturated rings. The lowest BCUT2D eigenvalue weighted by atomic mass is 10.1. The van der Waals surface area contributed by atoms with Gasteiger partial charge < -0.3 is 14.8 Å². The van der Waals surface area contributed by atoms with Crippen molar-refractivity contribution in [2.75, 3.05) is 26.7 Å². The third-order valence-electron chi connectivity index (χ3n) is 4.63. The number of rotatable bonds is 5. The first-order valence-corrected chi connectivity index (χ1v) is 8.64. The zero-order chi connectivity index (χ0) is 17.1. The molecule has 0 unspecified atom stereocenters. The van der Waals surface area contributed by atoms with Crippen LogP contribution in [0.5, 0.6) is 0 Å². The van der Waals surface area contributed by atoms with E-state index >= 15 is 0 Å². The number of nitrogens with zero attached hydrogens (tertiary/aromatic N) is 3. The molecule has 0 bridgehead atoms. The van der Waals surface area contributed by atoms with Crippen molar-refractivity contribution in [3.63, 3.8) is 0 Å². The number of hydrogen-bond donors (Lipinski definition) is 1. The molecule has 2 heterocycles. The molecule has 0 spiro atoms. The van der Waals surface area contributed by atoms with Crippen molar-refractivity contribution in [1.82, 2.24) is 19.8 Å². The molecule has 1 saturated heterocycles. The summed E-state index contributed by atoms with van der Waals surface area (Å²) < 4.78 is 0. The molecule has 5 nitrogen and oxygen atoms in total. The van der Waals surface area contributed by atoms with Crippen LogP contribution in [-0.2, 0) is 0 Å². The van der Waals surface area contributed by atoms with Gasteiger partial charge in [-0.3, -0.25) is 4.79 Å². The van der Waals surface area contributed by atoms with Crippen LogP contribution >= 0.6 is 0 Å². The lowest BCUT2D eigenvalue weighted by Crippen LogP contribution is -2.38. The summed E-state index contributed by atoms with van der Waals surface area (Å²) in [5.41, 5.74) is 2.29. The second-order valence-corrected chi connectivity index (χ2v) is 7.02. The topological polar surface area (TPSA) is 52.2 Å². The Morgan fingerprint density at radius 3 is 2.83 bits per heavy atom. The Balaban J connectivity index is 1.72. The predicted octanol–water partition coefficient (Wildman–Crippen LogP) is 2.88. The van der Waals surface area contributed by atoms with Crippen LogP contribution in [0, 0.1) is 5.92 Å². The molecule has 1 aliphatic rings. The summed E-state index contributed by atoms with van der Waals surface area (Å²) >= 11 is 0. The molecule has 1 amide bonds. The maximum Gasteiger partial charge on any atom is 0.272 e. The minimum absolute atomic E-state index is 0.0480. The second kappa shape index (κ2) is 7.18. The fourth-order valence-electron chi connectivity index (χ4n) is 3.44. The number of likely N-dealkylation sites (N-methyl/N-ethyl adjacent to an activating group) is 1. The average Bonchev–Trinajstić information content (AvgIpc) is 3.24. The molecule has 0 aliphatic carbocycles. The number of carbonyl (C=O) groups excluding carboxylic acids is 1. The normalized spacial score (nSPS) is 17.9. The van der Waals surface area contributed by atoms with Crippen molar-refractivity contribution in [3.05, 3.63) is 42.4 Å². The zero-order valence-electron chi connectivity index (χ0n) is 14.7. The van der Waals surface area contributed by atoms with Crippen LogP contribution in [0.25, 0.3) is 11.3 Å². The van der Waals surface area contributed by atoms with Crippen molar-refractivity contribution < 1.29 is 4.79 Å². The van der Waals surface area contributed by atoms with Crippen LogP contribution in [0.1, 0.15) is 30.8 Å². The van der Waals surface area contributed by atoms with E-state index in [0.717, 1.165) is 37.3 Å². The molecule has 2 aromatic rings. The van der Waals surface area contributed by atoms with Gasteiger partial charge in [0.05, 0.1) is 6.33 Å². The fourth-order valence-corrected chi connectivity index (χ4v) is 3.44. The van der Waals surface area contributed by atoms with Crippen LogP contribution in [0.15, 0.2) is 36.7 Å². The zero-order valence-corrected chi connectivity index (χ0v) is 14.7. The summed E-state index contributed by atoms with van der Waals surface area (Å²) in [6, 6.07) is 10.3. The summed E-state index contributed by atoms with van der Waals surface area (Å²) in [6.07, 6.45) is 2.64. The Morgan fingerprint density at radius 2 is 2.12 bits per heavy atom. The number of likely N-dealkylation sites (tertiary alicyclic amines) is 1. The molecule has 24 heavy (non-hydrogen) atoms. The number of amides is 1. The number of aromatic nitrogens is 2. The van der Waals surface area contributed by atoms with Crippen LogP contribution in [0.3, 0.4) is 0 Å². The average molecular weight is 326 g/mol. The van der Waals surface area contributed by atoms with Crippen molar-refractivity contribution in [2.45, 2.75) is 26.3 Å². The highest BCUT2D eigenvalue weighted by Gasteiger charge is 2.31. The Bertz CT molecular complexity index is 680. The van der Waals surface area contributed by atoms with E-state index in [4.69, 9.17) is 0 Å². The number of benzene rings is 1. The number of H-pyrrole nitrogens is 1. The smallest absolute Gasteiger partial charge is 0.272 e. The van der Waals surface area contributed by atoms with Crippen LogP contribution in [0.2, 0.25) is 0 Å². The standard InChI is InChI=1S/C19H26N4O/c1-14(2)11-22(3)16-9-10-23(12-16)19(24)18-17(20-13-21-18)15-7-5-4-6-8-15/h4-8,13-14,16H,9-12H2,1-3H3,(H,20,21)/t16-/m1/s1. The third-order valence-corrected chi connectivity index (χ3v) is 4.63. The Labute approximate surface area is 143 Å². The molecule has 1 N–H and O–H groups in total. The Hall–Kier alpha value is -2.14. The maximum absolute atomic E-state index is 12.9. The summed E-state index contributed by atoms with van der Waals surface area (Å²) in [7, 11) is 2.16. The van der Waals surface area contributed by atoms with E-state index in [2.05, 4.69) is 35.8 Å². The molecular weight excluding hydrogens is 300 g/mol. The van der Waals surface area contributed by atoms with E-state index in [1.54, 1.807) is 6.33 Å². The number of hydrogen-bond acceptors (Lipinski definition) is 3. The van der Waals surface area contributed by atoms with Gasteiger partial charge in [-0.1, -0.05) is 44.2 Å². The lowest BCUT2D eigenvalue weighted by molar-refractivity contribution is 0.0774. The Morgan fingerprint density at radius 1 is 1.38 bits per heavy atom. The highest BCUT2D eigenvalue weighted by Crippen LogP contribution is 2.23. The van der Waals surface area contributed by atoms with Gasteiger partial charge in [-0.05, 0) is 19.4 Å². The molecule has 5 heteroatoms. The molecule has 3 rings (SSSR count). The van der Waals surface area contributed by atoms with Crippen molar-refractivity contribution in [2.24, 2.45) is 5.92 Å². The van der Waals surface area contributed by atoms with E-state index in [1.165, 1.54) is 0 Å². The van der Waals surface area contributed by atoms with Gasteiger partial charge in [0.25, 0.3) is 5.91 Å². The van der Waals surface area contributed by atoms with Gasteiger partial charge in [0.2, 0.25) is 0 Å². The molecule has 128 valence electrons. The van der Waals surface area contributed by atoms with Crippen molar-refractivity contribution >= 4 is 5.91 Å². The van der Waals surface area contributed by atoms with Gasteiger partial charge in [0, 0.05) is 31.2 Å². The summed E-state index contributed by atoms with van der Waals surface area (Å²) in [5, 5.41) is 0. The van der Waals surface area contributed by atoms with Crippen molar-refractivity contribution in [3.8, 4) is 11.3 Å². The lowest BCUT2D eigenvalue weighted by Gasteiger charge is -2.26. The summed E-state index contributed by atoms with van der Waals surface area (Å²) in [6.45, 7) is 7.11. The monoisotopic (exact) mass is 326 g/mol. The van der Waals surface area contributed by atoms with Gasteiger partial charge in [0.1, 0.15) is 11.4 Å². The summed E-state index contributed by atoms with van der Waals surface area (Å²) in [5.74, 6) is 0.684. The van der Waals surface area contributed by atoms with Gasteiger partial charge in [0.15, 0.2) is 0 Å². The van der Waals surface area contributed by atoms with E-state index in [9.17, 15) is 4.79 Å². The molecule has 0 saturated carbocycles. The highest BCUT2D eigenvalue weighted by atomic mass is 16.2. The first kappa shape index (κ1) is 16.7. The third kappa shape index (κ3) is 3.51. The number of aromatic amines is 1. The molecule has 1 atom stereocenters. The molecular formula is C19H26N4O. The van der Waals surface area contributed by atoms with Crippen LogP contribution in [-0.4, -0.2) is 58.4 Å². The van der Waals surface area contributed by atoms with Crippen molar-refractivity contribution in [1.29, 1.82) is 0 Å². The Kier molecular flexibility index (Phi) is 5.00. The van der Waals surface area contributed by atoms with E-state index in [1.807, 2.05) is 35.2 Å². The largest absolute Gasteiger partial charge is 0.340 e. The van der Waals surface area contributed by atoms with Gasteiger partial charge in [-0.2, -0.15) is 0 Å². The first-order valence-electron chi connectivity index (χ1n) is 8.64. The van der Waals surface area contributed by atoms with Crippen LogP contribution < -0.4 is 0 Å². The first-order chi connectivity index (χ1) is 11.6. The second-order valence-electron chi connectivity index (χ2n) is 7.02. The minimum Gasteiger partial charge on any atom is -0.340 e. The van der Waals surface area contributed by atoms with Gasteiger partial charge in [-0.25, -0.2) is 4.98 Å². The SMILES string of the molecule is CC(C)CN(C)[C@@H]1CCN(C(=O)c2[nH]cnc2-c2ccccc2)C1. The van der Waals surface area contributed by atoms with E-state index in [0.29, 0.717) is 17.7 Å². The fraction of sp³-hybridized carbons (Fsp3) is 0.474. The quantitative estimate of drug-likeness (QED) is 0.919. The van der Waals surface area contributed by atoms with E-state index < -0.39 is 0 Å². The summed E-state index contributed by atoms with van der Waals surface area (Å²) in [4.78, 5) is 24.7. The van der Waals surface area contributed by atoms with Gasteiger partial charge >= 0.3 is 0 Å². The number of nitrogens with one attached hydrogen (secondary N) is 1. The van der Waals surface area contributed by atoms with E-state index in [-0.39, 0.29) is 5.91 Å². The number of imidazole rings is 1. The molecule has 1 aromatic carbocycles. The molecule has 1 aromatic heterocycles. The predicted molar refractivity (Wildman–Crippen MR) is 95.8 cm³/mol. The minimum atomic E-state index is 0.0480. The molecule has 1 aliphatic heterocycles. The maximum atomic E-state index is 12.9. The van der Waals surface area contributed by atoms with Gasteiger partial charge in [-0.15, -0.1) is 0 Å². The molecule has 0 radical (unpaired) electrons. The number of carbonyl (C=O) groups is 1.